The SMILES string of the molecule is Cc1cnc2[nH]cc(Cc3ccc(NCc4ccc(C(F)(F)F)nc4)nc3C)c2c1. The minimum Gasteiger partial charge on any atom is -0.366 e. The first kappa shape index (κ1) is 19.9. The number of aromatic amines is 1. The average molecular weight is 411 g/mol. The summed E-state index contributed by atoms with van der Waals surface area (Å²) in [6, 6.07) is 8.40. The fourth-order valence-corrected chi connectivity index (χ4v) is 3.28. The van der Waals surface area contributed by atoms with Crippen LogP contribution in [0.25, 0.3) is 11.0 Å². The van der Waals surface area contributed by atoms with E-state index in [9.17, 15) is 13.2 Å². The van der Waals surface area contributed by atoms with Gasteiger partial charge in [-0.05, 0) is 54.3 Å². The van der Waals surface area contributed by atoms with E-state index in [1.165, 1.54) is 12.3 Å². The van der Waals surface area contributed by atoms with Crippen LogP contribution in [-0.2, 0) is 19.1 Å². The molecule has 0 atom stereocenters. The van der Waals surface area contributed by atoms with Crippen LogP contribution in [0.15, 0.2) is 48.9 Å². The molecule has 4 aromatic heterocycles. The van der Waals surface area contributed by atoms with Crippen molar-refractivity contribution in [1.29, 1.82) is 0 Å². The highest BCUT2D eigenvalue weighted by atomic mass is 19.4. The van der Waals surface area contributed by atoms with Gasteiger partial charge in [-0.15, -0.1) is 0 Å². The van der Waals surface area contributed by atoms with Crippen molar-refractivity contribution in [2.24, 2.45) is 0 Å². The highest BCUT2D eigenvalue weighted by Crippen LogP contribution is 2.27. The zero-order valence-electron chi connectivity index (χ0n) is 16.5. The summed E-state index contributed by atoms with van der Waals surface area (Å²) < 4.78 is 37.8. The van der Waals surface area contributed by atoms with E-state index < -0.39 is 11.9 Å². The molecule has 0 aliphatic carbocycles. The number of anilines is 1. The van der Waals surface area contributed by atoms with Crippen LogP contribution in [0.1, 0.15) is 33.6 Å². The molecule has 2 N–H and O–H groups in total. The van der Waals surface area contributed by atoms with E-state index in [0.717, 1.165) is 45.9 Å². The van der Waals surface area contributed by atoms with Crippen LogP contribution < -0.4 is 5.32 Å². The summed E-state index contributed by atoms with van der Waals surface area (Å²) in [5, 5.41) is 4.24. The number of H-pyrrole nitrogens is 1. The van der Waals surface area contributed by atoms with Gasteiger partial charge in [0.1, 0.15) is 17.2 Å². The largest absolute Gasteiger partial charge is 0.433 e. The van der Waals surface area contributed by atoms with Gasteiger partial charge in [0.05, 0.1) is 0 Å². The van der Waals surface area contributed by atoms with Gasteiger partial charge in [-0.3, -0.25) is 4.98 Å². The Bertz CT molecular complexity index is 1180. The molecule has 0 bridgehead atoms. The van der Waals surface area contributed by atoms with Gasteiger partial charge in [0.2, 0.25) is 0 Å². The Balaban J connectivity index is 1.44. The number of halogens is 3. The first-order chi connectivity index (χ1) is 14.3. The monoisotopic (exact) mass is 411 g/mol. The number of fused-ring (bicyclic) bond motifs is 1. The Morgan fingerprint density at radius 1 is 1.00 bits per heavy atom. The molecule has 0 saturated carbocycles. The third-order valence-corrected chi connectivity index (χ3v) is 4.92. The lowest BCUT2D eigenvalue weighted by molar-refractivity contribution is -0.141. The Morgan fingerprint density at radius 3 is 2.53 bits per heavy atom. The number of pyridine rings is 3. The molecule has 0 radical (unpaired) electrons. The molecule has 0 fully saturated rings. The molecular formula is C22H20F3N5. The van der Waals surface area contributed by atoms with Crippen molar-refractivity contribution in [1.82, 2.24) is 19.9 Å². The van der Waals surface area contributed by atoms with Gasteiger partial charge < -0.3 is 10.3 Å². The molecule has 0 saturated heterocycles. The predicted octanol–water partition coefficient (Wildman–Crippen LogP) is 5.19. The summed E-state index contributed by atoms with van der Waals surface area (Å²) in [5.74, 6) is 0.660. The first-order valence-corrected chi connectivity index (χ1v) is 9.45. The van der Waals surface area contributed by atoms with Crippen LogP contribution in [0.2, 0.25) is 0 Å². The third-order valence-electron chi connectivity index (χ3n) is 4.92. The van der Waals surface area contributed by atoms with E-state index in [1.807, 2.05) is 38.4 Å². The molecule has 0 aliphatic heterocycles. The second kappa shape index (κ2) is 7.78. The van der Waals surface area contributed by atoms with Gasteiger partial charge in [-0.25, -0.2) is 9.97 Å². The maximum Gasteiger partial charge on any atom is 0.433 e. The number of hydrogen-bond donors (Lipinski definition) is 2. The molecule has 5 nitrogen and oxygen atoms in total. The zero-order valence-corrected chi connectivity index (χ0v) is 16.5. The molecule has 0 spiro atoms. The molecule has 154 valence electrons. The van der Waals surface area contributed by atoms with Crippen molar-refractivity contribution in [3.8, 4) is 0 Å². The predicted molar refractivity (Wildman–Crippen MR) is 109 cm³/mol. The van der Waals surface area contributed by atoms with Crippen molar-refractivity contribution in [3.05, 3.63) is 82.6 Å². The number of hydrogen-bond acceptors (Lipinski definition) is 4. The summed E-state index contributed by atoms with van der Waals surface area (Å²) in [6.07, 6.45) is 1.33. The number of alkyl halides is 3. The lowest BCUT2D eigenvalue weighted by Crippen LogP contribution is -2.09. The van der Waals surface area contributed by atoms with Crippen LogP contribution in [-0.4, -0.2) is 19.9 Å². The van der Waals surface area contributed by atoms with Crippen LogP contribution in [0.3, 0.4) is 0 Å². The van der Waals surface area contributed by atoms with E-state index in [0.29, 0.717) is 17.9 Å². The Morgan fingerprint density at radius 2 is 1.83 bits per heavy atom. The van der Waals surface area contributed by atoms with Gasteiger partial charge in [0.15, 0.2) is 0 Å². The molecule has 8 heteroatoms. The second-order valence-corrected chi connectivity index (χ2v) is 7.24. The summed E-state index contributed by atoms with van der Waals surface area (Å²) in [5.41, 5.74) is 4.86. The second-order valence-electron chi connectivity index (χ2n) is 7.24. The van der Waals surface area contributed by atoms with E-state index in [1.54, 1.807) is 0 Å². The minimum absolute atomic E-state index is 0.338. The van der Waals surface area contributed by atoms with Crippen molar-refractivity contribution < 1.29 is 13.2 Å². The van der Waals surface area contributed by atoms with Crippen LogP contribution in [0, 0.1) is 13.8 Å². The van der Waals surface area contributed by atoms with Gasteiger partial charge in [0.25, 0.3) is 0 Å². The van der Waals surface area contributed by atoms with Crippen molar-refractivity contribution in [3.63, 3.8) is 0 Å². The van der Waals surface area contributed by atoms with Crippen LogP contribution in [0.5, 0.6) is 0 Å². The van der Waals surface area contributed by atoms with E-state index in [-0.39, 0.29) is 0 Å². The summed E-state index contributed by atoms with van der Waals surface area (Å²) in [4.78, 5) is 15.7. The van der Waals surface area contributed by atoms with Gasteiger partial charge in [0, 0.05) is 42.6 Å². The Labute approximate surface area is 171 Å². The first-order valence-electron chi connectivity index (χ1n) is 9.45. The number of rotatable bonds is 5. The van der Waals surface area contributed by atoms with Crippen molar-refractivity contribution >= 4 is 16.9 Å². The minimum atomic E-state index is -4.43. The molecule has 4 aromatic rings. The highest BCUT2D eigenvalue weighted by Gasteiger charge is 2.31. The highest BCUT2D eigenvalue weighted by molar-refractivity contribution is 5.80. The lowest BCUT2D eigenvalue weighted by atomic mass is 10.0. The normalized spacial score (nSPS) is 11.8. The standard InChI is InChI=1S/C22H20F3N5/c1-13-7-18-17(12-29-21(18)28-9-13)8-16-4-6-20(30-14(16)2)27-11-15-3-5-19(26-10-15)22(23,24)25/h3-7,9-10,12H,8,11H2,1-2H3,(H,27,30)(H,28,29). The number of aromatic nitrogens is 4. The van der Waals surface area contributed by atoms with Crippen LogP contribution >= 0.6 is 0 Å². The Kier molecular flexibility index (Phi) is 5.15. The smallest absolute Gasteiger partial charge is 0.366 e. The maximum absolute atomic E-state index is 12.6. The number of nitrogens with one attached hydrogen (secondary N) is 2. The summed E-state index contributed by atoms with van der Waals surface area (Å²) in [7, 11) is 0. The molecule has 4 rings (SSSR count). The van der Waals surface area contributed by atoms with Gasteiger partial charge >= 0.3 is 6.18 Å². The quantitative estimate of drug-likeness (QED) is 0.474. The number of nitrogens with zero attached hydrogens (tertiary/aromatic N) is 3. The number of aryl methyl sites for hydroxylation is 2. The van der Waals surface area contributed by atoms with Gasteiger partial charge in [-0.2, -0.15) is 13.2 Å². The lowest BCUT2D eigenvalue weighted by Gasteiger charge is -2.10. The van der Waals surface area contributed by atoms with Crippen molar-refractivity contribution in [2.45, 2.75) is 33.0 Å². The molecule has 0 unspecified atom stereocenters. The molecular weight excluding hydrogens is 391 g/mol. The van der Waals surface area contributed by atoms with Crippen molar-refractivity contribution in [2.75, 3.05) is 5.32 Å². The van der Waals surface area contributed by atoms with Gasteiger partial charge in [-0.1, -0.05) is 12.1 Å². The summed E-state index contributed by atoms with van der Waals surface area (Å²) >= 11 is 0. The Hall–Kier alpha value is -3.42. The van der Waals surface area contributed by atoms with Crippen LogP contribution in [0.4, 0.5) is 19.0 Å². The molecule has 0 amide bonds. The topological polar surface area (TPSA) is 66.5 Å². The van der Waals surface area contributed by atoms with E-state index in [4.69, 9.17) is 0 Å². The average Bonchev–Trinajstić information content (AvgIpc) is 3.10. The maximum atomic E-state index is 12.6. The zero-order chi connectivity index (χ0) is 21.3. The fraction of sp³-hybridized carbons (Fsp3) is 0.227. The summed E-state index contributed by atoms with van der Waals surface area (Å²) in [6.45, 7) is 4.30. The van der Waals surface area contributed by atoms with E-state index >= 15 is 0 Å². The van der Waals surface area contributed by atoms with E-state index in [2.05, 4.69) is 31.3 Å². The third kappa shape index (κ3) is 4.27. The molecule has 0 aromatic carbocycles. The molecule has 30 heavy (non-hydrogen) atoms. The molecule has 0 aliphatic rings. The fourth-order valence-electron chi connectivity index (χ4n) is 3.28. The molecule has 4 heterocycles.